The summed E-state index contributed by atoms with van der Waals surface area (Å²) in [7, 11) is 3.75. The highest BCUT2D eigenvalue weighted by atomic mass is 16.2. The zero-order valence-corrected chi connectivity index (χ0v) is 11.9. The Bertz CT molecular complexity index is 340. The average molecular weight is 268 g/mol. The zero-order chi connectivity index (χ0) is 13.8. The molecular weight excluding hydrogens is 244 g/mol. The van der Waals surface area contributed by atoms with Crippen LogP contribution in [0.5, 0.6) is 0 Å². The van der Waals surface area contributed by atoms with E-state index in [0.29, 0.717) is 6.54 Å². The summed E-state index contributed by atoms with van der Waals surface area (Å²) in [6, 6.07) is -0.231. The van der Waals surface area contributed by atoms with Gasteiger partial charge in [-0.2, -0.15) is 0 Å². The van der Waals surface area contributed by atoms with Crippen LogP contribution in [-0.4, -0.2) is 85.9 Å². The van der Waals surface area contributed by atoms with Gasteiger partial charge in [-0.25, -0.2) is 0 Å². The van der Waals surface area contributed by atoms with Crippen molar-refractivity contribution >= 4 is 11.8 Å². The molecule has 1 unspecified atom stereocenters. The minimum atomic E-state index is -0.231. The Morgan fingerprint density at radius 3 is 2.53 bits per heavy atom. The Morgan fingerprint density at radius 2 is 1.89 bits per heavy atom. The lowest BCUT2D eigenvalue weighted by Gasteiger charge is -2.33. The van der Waals surface area contributed by atoms with E-state index in [-0.39, 0.29) is 17.9 Å². The molecule has 0 aliphatic carbocycles. The summed E-state index contributed by atoms with van der Waals surface area (Å²) < 4.78 is 0. The van der Waals surface area contributed by atoms with E-state index in [0.717, 1.165) is 45.6 Å². The Balaban J connectivity index is 1.97. The highest BCUT2D eigenvalue weighted by Crippen LogP contribution is 2.20. The first-order chi connectivity index (χ1) is 9.09. The maximum Gasteiger partial charge on any atom is 0.245 e. The topological polar surface area (TPSA) is 55.9 Å². The van der Waals surface area contributed by atoms with E-state index in [1.54, 1.807) is 4.90 Å². The first-order valence-corrected chi connectivity index (χ1v) is 7.03. The first kappa shape index (κ1) is 14.3. The van der Waals surface area contributed by atoms with Crippen LogP contribution in [0.15, 0.2) is 0 Å². The zero-order valence-electron chi connectivity index (χ0n) is 11.9. The van der Waals surface area contributed by atoms with E-state index in [1.165, 1.54) is 0 Å². The number of rotatable bonds is 3. The molecule has 0 radical (unpaired) electrons. The number of hydrogen-bond donors (Lipinski definition) is 1. The van der Waals surface area contributed by atoms with Crippen molar-refractivity contribution in [3.05, 3.63) is 0 Å². The van der Waals surface area contributed by atoms with Crippen molar-refractivity contribution in [2.45, 2.75) is 18.9 Å². The van der Waals surface area contributed by atoms with Crippen LogP contribution in [0.1, 0.15) is 12.8 Å². The summed E-state index contributed by atoms with van der Waals surface area (Å²) in [6.07, 6.45) is 1.74. The predicted molar refractivity (Wildman–Crippen MR) is 72.7 cm³/mol. The number of nitrogens with zero attached hydrogens (tertiary/aromatic N) is 3. The molecule has 0 saturated carbocycles. The highest BCUT2D eigenvalue weighted by molar-refractivity contribution is 5.89. The average Bonchev–Trinajstić information content (AvgIpc) is 2.87. The second-order valence-corrected chi connectivity index (χ2v) is 5.56. The second-order valence-electron chi connectivity index (χ2n) is 5.56. The summed E-state index contributed by atoms with van der Waals surface area (Å²) in [5.41, 5.74) is 0. The van der Waals surface area contributed by atoms with E-state index in [1.807, 2.05) is 23.9 Å². The van der Waals surface area contributed by atoms with Gasteiger partial charge in [0.2, 0.25) is 11.8 Å². The van der Waals surface area contributed by atoms with Crippen molar-refractivity contribution in [3.63, 3.8) is 0 Å². The van der Waals surface area contributed by atoms with Crippen molar-refractivity contribution in [3.8, 4) is 0 Å². The lowest BCUT2D eigenvalue weighted by atomic mass is 10.1. The molecule has 1 atom stereocenters. The lowest BCUT2D eigenvalue weighted by molar-refractivity contribution is -0.144. The van der Waals surface area contributed by atoms with Crippen molar-refractivity contribution in [1.29, 1.82) is 0 Å². The number of amides is 2. The van der Waals surface area contributed by atoms with Crippen LogP contribution in [0.25, 0.3) is 0 Å². The Hall–Kier alpha value is -1.14. The quantitative estimate of drug-likeness (QED) is 0.711. The number of likely N-dealkylation sites (tertiary alicyclic amines) is 1. The monoisotopic (exact) mass is 268 g/mol. The fourth-order valence-electron chi connectivity index (χ4n) is 2.78. The molecule has 2 aliphatic rings. The molecule has 0 spiro atoms. The van der Waals surface area contributed by atoms with Gasteiger partial charge in [-0.05, 0) is 26.9 Å². The third kappa shape index (κ3) is 3.45. The Labute approximate surface area is 114 Å². The Kier molecular flexibility index (Phi) is 4.76. The van der Waals surface area contributed by atoms with Crippen molar-refractivity contribution in [1.82, 2.24) is 20.0 Å². The lowest BCUT2D eigenvalue weighted by Crippen LogP contribution is -2.54. The fraction of sp³-hybridized carbons (Fsp3) is 0.846. The number of nitrogens with one attached hydrogen (secondary N) is 1. The summed E-state index contributed by atoms with van der Waals surface area (Å²) >= 11 is 0. The van der Waals surface area contributed by atoms with Crippen LogP contribution in [0.4, 0.5) is 0 Å². The SMILES string of the molecule is CN(C)CC(=O)N1CCCC1C(=O)N1CCNCC1. The van der Waals surface area contributed by atoms with E-state index in [9.17, 15) is 9.59 Å². The van der Waals surface area contributed by atoms with Gasteiger partial charge in [0, 0.05) is 32.7 Å². The standard InChI is InChI=1S/C13H24N4O2/c1-15(2)10-12(18)17-7-3-4-11(17)13(19)16-8-5-14-6-9-16/h11,14H,3-10H2,1-2H3. The molecule has 0 aromatic heterocycles. The molecule has 2 rings (SSSR count). The van der Waals surface area contributed by atoms with E-state index in [2.05, 4.69) is 5.32 Å². The van der Waals surface area contributed by atoms with Gasteiger partial charge in [0.05, 0.1) is 6.54 Å². The van der Waals surface area contributed by atoms with Crippen molar-refractivity contribution in [2.75, 3.05) is 53.4 Å². The van der Waals surface area contributed by atoms with Crippen molar-refractivity contribution in [2.24, 2.45) is 0 Å². The molecule has 108 valence electrons. The molecule has 19 heavy (non-hydrogen) atoms. The number of carbonyl (C=O) groups excluding carboxylic acids is 2. The number of likely N-dealkylation sites (N-methyl/N-ethyl adjacent to an activating group) is 1. The number of piperazine rings is 1. The molecule has 6 heteroatoms. The Morgan fingerprint density at radius 1 is 1.21 bits per heavy atom. The van der Waals surface area contributed by atoms with Crippen molar-refractivity contribution < 1.29 is 9.59 Å². The molecule has 2 fully saturated rings. The van der Waals surface area contributed by atoms with Crippen LogP contribution in [-0.2, 0) is 9.59 Å². The van der Waals surface area contributed by atoms with E-state index in [4.69, 9.17) is 0 Å². The van der Waals surface area contributed by atoms with Crippen LogP contribution in [0, 0.1) is 0 Å². The summed E-state index contributed by atoms with van der Waals surface area (Å²) in [5, 5.41) is 3.24. The summed E-state index contributed by atoms with van der Waals surface area (Å²) in [4.78, 5) is 30.2. The van der Waals surface area contributed by atoms with Gasteiger partial charge in [-0.1, -0.05) is 0 Å². The van der Waals surface area contributed by atoms with Crippen LogP contribution in [0.2, 0.25) is 0 Å². The van der Waals surface area contributed by atoms with Gasteiger partial charge >= 0.3 is 0 Å². The molecule has 2 aliphatic heterocycles. The fourth-order valence-corrected chi connectivity index (χ4v) is 2.78. The molecule has 2 saturated heterocycles. The molecule has 6 nitrogen and oxygen atoms in total. The molecule has 0 aromatic rings. The maximum absolute atomic E-state index is 12.5. The normalized spacial score (nSPS) is 24.1. The van der Waals surface area contributed by atoms with Crippen LogP contribution >= 0.6 is 0 Å². The van der Waals surface area contributed by atoms with E-state index >= 15 is 0 Å². The predicted octanol–water partition coefficient (Wildman–Crippen LogP) is -1.03. The highest BCUT2D eigenvalue weighted by Gasteiger charge is 2.36. The molecule has 0 aromatic carbocycles. The van der Waals surface area contributed by atoms with Gasteiger partial charge < -0.3 is 20.0 Å². The summed E-state index contributed by atoms with van der Waals surface area (Å²) in [5.74, 6) is 0.196. The molecular formula is C13H24N4O2. The maximum atomic E-state index is 12.5. The van der Waals surface area contributed by atoms with Gasteiger partial charge in [-0.15, -0.1) is 0 Å². The van der Waals surface area contributed by atoms with Gasteiger partial charge in [0.1, 0.15) is 6.04 Å². The first-order valence-electron chi connectivity index (χ1n) is 7.03. The van der Waals surface area contributed by atoms with E-state index < -0.39 is 0 Å². The smallest absolute Gasteiger partial charge is 0.245 e. The van der Waals surface area contributed by atoms with Crippen LogP contribution in [0.3, 0.4) is 0 Å². The molecule has 2 heterocycles. The number of hydrogen-bond acceptors (Lipinski definition) is 4. The van der Waals surface area contributed by atoms with Gasteiger partial charge in [0.25, 0.3) is 0 Å². The minimum absolute atomic E-state index is 0.0657. The van der Waals surface area contributed by atoms with Crippen LogP contribution < -0.4 is 5.32 Å². The molecule has 0 bridgehead atoms. The van der Waals surface area contributed by atoms with Gasteiger partial charge in [-0.3, -0.25) is 9.59 Å². The minimum Gasteiger partial charge on any atom is -0.338 e. The number of carbonyl (C=O) groups is 2. The molecule has 2 amide bonds. The molecule has 1 N–H and O–H groups in total. The third-order valence-electron chi connectivity index (χ3n) is 3.74. The summed E-state index contributed by atoms with van der Waals surface area (Å²) in [6.45, 7) is 4.31. The third-order valence-corrected chi connectivity index (χ3v) is 3.74. The van der Waals surface area contributed by atoms with Gasteiger partial charge in [0.15, 0.2) is 0 Å². The largest absolute Gasteiger partial charge is 0.338 e. The second kappa shape index (κ2) is 6.34.